The molecule has 0 spiro atoms. The molecule has 0 atom stereocenters. The highest BCUT2D eigenvalue weighted by atomic mass is 35.5. The normalized spacial score (nSPS) is 19.8. The van der Waals surface area contributed by atoms with Gasteiger partial charge in [-0.1, -0.05) is 11.6 Å². The van der Waals surface area contributed by atoms with Crippen LogP contribution in [0.15, 0.2) is 11.2 Å². The lowest BCUT2D eigenvalue weighted by Crippen LogP contribution is -1.86. The van der Waals surface area contributed by atoms with Crippen LogP contribution < -0.4 is 5.48 Å². The largest absolute Gasteiger partial charge is 0.246 e. The number of halogens is 1. The average molecular weight is 105 g/mol. The van der Waals surface area contributed by atoms with E-state index in [0.29, 0.717) is 11.6 Å². The van der Waals surface area contributed by atoms with Crippen molar-refractivity contribution in [1.82, 2.24) is 5.48 Å². The Bertz CT molecular complexity index is 80.9. The number of nitrogens with zero attached hydrogens (tertiary/aromatic N) is 1. The van der Waals surface area contributed by atoms with Gasteiger partial charge in [-0.2, -0.15) is 0 Å². The van der Waals surface area contributed by atoms with Crippen molar-refractivity contribution < 1.29 is 4.84 Å². The lowest BCUT2D eigenvalue weighted by atomic mass is 10.7. The Morgan fingerprint density at radius 3 is 3.00 bits per heavy atom. The molecule has 3 heteroatoms. The highest BCUT2D eigenvalue weighted by Gasteiger charge is 1.99. The molecule has 1 aliphatic rings. The quantitative estimate of drug-likeness (QED) is 0.442. The van der Waals surface area contributed by atoms with E-state index in [4.69, 9.17) is 11.6 Å². The first-order chi connectivity index (χ1) is 2.89. The first-order valence-electron chi connectivity index (χ1n) is 1.56. The van der Waals surface area contributed by atoms with Gasteiger partial charge < -0.3 is 0 Å². The lowest BCUT2D eigenvalue weighted by molar-refractivity contribution is 0.106. The highest BCUT2D eigenvalue weighted by molar-refractivity contribution is 6.29. The van der Waals surface area contributed by atoms with Gasteiger partial charge in [0.1, 0.15) is 6.61 Å². The van der Waals surface area contributed by atoms with Gasteiger partial charge in [0.25, 0.3) is 0 Å². The molecule has 0 aliphatic carbocycles. The second kappa shape index (κ2) is 1.49. The van der Waals surface area contributed by atoms with Crippen molar-refractivity contribution in [3.63, 3.8) is 0 Å². The zero-order valence-corrected chi connectivity index (χ0v) is 3.77. The van der Waals surface area contributed by atoms with Crippen LogP contribution in [-0.4, -0.2) is 6.61 Å². The SMILES string of the molecule is ClC1=C[N]OC1. The van der Waals surface area contributed by atoms with Crippen LogP contribution in [0, 0.1) is 0 Å². The van der Waals surface area contributed by atoms with Gasteiger partial charge in [-0.25, -0.2) is 4.84 Å². The number of hydroxylamine groups is 1. The smallest absolute Gasteiger partial charge is 0.114 e. The number of hydrogen-bond donors (Lipinski definition) is 0. The molecular weight excluding hydrogens is 101 g/mol. The van der Waals surface area contributed by atoms with Crippen molar-refractivity contribution in [1.29, 1.82) is 0 Å². The molecule has 0 amide bonds. The molecule has 0 aromatic rings. The Morgan fingerprint density at radius 1 is 2.00 bits per heavy atom. The van der Waals surface area contributed by atoms with Crippen LogP contribution in [0.25, 0.3) is 0 Å². The summed E-state index contributed by atoms with van der Waals surface area (Å²) in [4.78, 5) is 4.46. The molecule has 0 aromatic carbocycles. The van der Waals surface area contributed by atoms with E-state index in [1.807, 2.05) is 0 Å². The van der Waals surface area contributed by atoms with Crippen LogP contribution in [0.2, 0.25) is 0 Å². The standard InChI is InChI=1S/C3H3ClNO/c4-3-1-5-6-2-3/h1H,2H2. The molecule has 33 valence electrons. The Morgan fingerprint density at radius 2 is 2.83 bits per heavy atom. The van der Waals surface area contributed by atoms with Crippen molar-refractivity contribution in [3.8, 4) is 0 Å². The van der Waals surface area contributed by atoms with Crippen LogP contribution in [0.1, 0.15) is 0 Å². The van der Waals surface area contributed by atoms with Crippen molar-refractivity contribution in [2.24, 2.45) is 0 Å². The topological polar surface area (TPSA) is 23.3 Å². The third kappa shape index (κ3) is 0.640. The third-order valence-electron chi connectivity index (χ3n) is 0.470. The maximum absolute atomic E-state index is 5.35. The maximum atomic E-state index is 5.35. The summed E-state index contributed by atoms with van der Waals surface area (Å²) in [6.07, 6.45) is 1.49. The zero-order valence-electron chi connectivity index (χ0n) is 3.02. The molecule has 1 heterocycles. The summed E-state index contributed by atoms with van der Waals surface area (Å²) in [6, 6.07) is 0. The van der Waals surface area contributed by atoms with Crippen LogP contribution in [0.4, 0.5) is 0 Å². The Labute approximate surface area is 40.7 Å². The molecule has 1 aliphatic heterocycles. The summed E-state index contributed by atoms with van der Waals surface area (Å²) < 4.78 is 0. The Balaban J connectivity index is 2.45. The number of rotatable bonds is 0. The second-order valence-corrected chi connectivity index (χ2v) is 1.44. The zero-order chi connectivity index (χ0) is 4.41. The molecule has 0 saturated carbocycles. The van der Waals surface area contributed by atoms with E-state index in [1.54, 1.807) is 0 Å². The first kappa shape index (κ1) is 3.96. The predicted octanol–water partition coefficient (Wildman–Crippen LogP) is 0.616. The summed E-state index contributed by atoms with van der Waals surface area (Å²) in [7, 11) is 0. The molecule has 1 radical (unpaired) electrons. The van der Waals surface area contributed by atoms with Gasteiger partial charge >= 0.3 is 0 Å². The minimum Gasteiger partial charge on any atom is -0.246 e. The van der Waals surface area contributed by atoms with E-state index >= 15 is 0 Å². The van der Waals surface area contributed by atoms with E-state index in [9.17, 15) is 0 Å². The van der Waals surface area contributed by atoms with Crippen LogP contribution in [0.5, 0.6) is 0 Å². The molecule has 0 fully saturated rings. The first-order valence-corrected chi connectivity index (χ1v) is 1.94. The minimum atomic E-state index is 0.446. The third-order valence-corrected chi connectivity index (χ3v) is 0.676. The van der Waals surface area contributed by atoms with Crippen molar-refractivity contribution >= 4 is 11.6 Å². The van der Waals surface area contributed by atoms with Crippen LogP contribution >= 0.6 is 11.6 Å². The van der Waals surface area contributed by atoms with Gasteiger partial charge in [-0.3, -0.25) is 0 Å². The molecule has 0 bridgehead atoms. The molecule has 1 rings (SSSR count). The van der Waals surface area contributed by atoms with Crippen molar-refractivity contribution in [2.75, 3.05) is 6.61 Å². The van der Waals surface area contributed by atoms with Crippen LogP contribution in [0.3, 0.4) is 0 Å². The number of hydrogen-bond acceptors (Lipinski definition) is 1. The molecule has 0 aromatic heterocycles. The summed E-state index contributed by atoms with van der Waals surface area (Å²) in [5, 5.41) is 0.662. The summed E-state index contributed by atoms with van der Waals surface area (Å²) >= 11 is 5.35. The van der Waals surface area contributed by atoms with E-state index in [-0.39, 0.29) is 0 Å². The van der Waals surface area contributed by atoms with Crippen LogP contribution in [-0.2, 0) is 4.84 Å². The van der Waals surface area contributed by atoms with Crippen molar-refractivity contribution in [3.05, 3.63) is 11.2 Å². The van der Waals surface area contributed by atoms with E-state index in [0.717, 1.165) is 0 Å². The Kier molecular flexibility index (Phi) is 0.986. The monoisotopic (exact) mass is 104 g/mol. The fraction of sp³-hybridized carbons (Fsp3) is 0.333. The van der Waals surface area contributed by atoms with Gasteiger partial charge in [0.05, 0.1) is 11.2 Å². The summed E-state index contributed by atoms with van der Waals surface area (Å²) in [5.41, 5.74) is 3.37. The fourth-order valence-electron chi connectivity index (χ4n) is 0.231. The summed E-state index contributed by atoms with van der Waals surface area (Å²) in [5.74, 6) is 0. The van der Waals surface area contributed by atoms with Gasteiger partial charge in [-0.15, -0.1) is 5.48 Å². The molecular formula is C3H3ClNO. The van der Waals surface area contributed by atoms with Gasteiger partial charge in [-0.05, 0) is 0 Å². The second-order valence-electron chi connectivity index (χ2n) is 0.955. The molecule has 2 nitrogen and oxygen atoms in total. The predicted molar refractivity (Wildman–Crippen MR) is 22.0 cm³/mol. The Hall–Kier alpha value is -0.210. The van der Waals surface area contributed by atoms with Gasteiger partial charge in [0, 0.05) is 0 Å². The van der Waals surface area contributed by atoms with E-state index in [1.165, 1.54) is 6.20 Å². The maximum Gasteiger partial charge on any atom is 0.114 e. The van der Waals surface area contributed by atoms with E-state index < -0.39 is 0 Å². The summed E-state index contributed by atoms with van der Waals surface area (Å²) in [6.45, 7) is 0.446. The average Bonchev–Trinajstić information content (AvgIpc) is 1.86. The highest BCUT2D eigenvalue weighted by Crippen LogP contribution is 2.04. The molecule has 0 saturated heterocycles. The molecule has 6 heavy (non-hydrogen) atoms. The van der Waals surface area contributed by atoms with Crippen molar-refractivity contribution in [2.45, 2.75) is 0 Å². The van der Waals surface area contributed by atoms with Gasteiger partial charge in [0.2, 0.25) is 0 Å². The molecule has 0 N–H and O–H groups in total. The minimum absolute atomic E-state index is 0.446. The van der Waals surface area contributed by atoms with E-state index in [2.05, 4.69) is 10.3 Å². The molecule has 0 unspecified atom stereocenters. The lowest BCUT2D eigenvalue weighted by Gasteiger charge is -1.78. The fourth-order valence-corrected chi connectivity index (χ4v) is 0.319. The van der Waals surface area contributed by atoms with Gasteiger partial charge in [0.15, 0.2) is 0 Å².